The summed E-state index contributed by atoms with van der Waals surface area (Å²) in [4.78, 5) is 22.9. The highest BCUT2D eigenvalue weighted by molar-refractivity contribution is 5.87. The Labute approximate surface area is 97.5 Å². The molecule has 0 fully saturated rings. The third-order valence-electron chi connectivity index (χ3n) is 2.51. The van der Waals surface area contributed by atoms with E-state index in [2.05, 4.69) is 0 Å². The lowest BCUT2D eigenvalue weighted by Gasteiger charge is -2.08. The minimum Gasteiger partial charge on any atom is -0.477 e. The molecule has 0 radical (unpaired) electrons. The first kappa shape index (κ1) is 11.2. The number of aromatic nitrogens is 2. The zero-order chi connectivity index (χ0) is 12.4. The Morgan fingerprint density at radius 3 is 2.47 bits per heavy atom. The number of para-hydroxylation sites is 1. The maximum Gasteiger partial charge on any atom is 0.342 e. The molecule has 1 N–H and O–H groups in total. The number of nitrogens with zero attached hydrogens (tertiary/aromatic N) is 2. The van der Waals surface area contributed by atoms with Crippen LogP contribution in [0.15, 0.2) is 41.3 Å². The Bertz CT molecular complexity index is 596. The number of hydrogen-bond donors (Lipinski definition) is 1. The van der Waals surface area contributed by atoms with Gasteiger partial charge in [0.25, 0.3) is 5.56 Å². The average Bonchev–Trinajstić information content (AvgIpc) is 2.67. The number of benzene rings is 1. The number of carboxylic acids is 1. The second-order valence-corrected chi connectivity index (χ2v) is 3.56. The SMILES string of the molecule is CCn1cc(C(=O)O)c(=O)n1-c1ccccc1. The van der Waals surface area contributed by atoms with Crippen LogP contribution in [0.5, 0.6) is 0 Å². The lowest BCUT2D eigenvalue weighted by atomic mass is 10.3. The number of carbonyl (C=O) groups is 1. The van der Waals surface area contributed by atoms with Crippen LogP contribution < -0.4 is 5.56 Å². The van der Waals surface area contributed by atoms with Crippen molar-refractivity contribution >= 4 is 5.97 Å². The number of rotatable bonds is 3. The minimum absolute atomic E-state index is 0.212. The number of carboxylic acid groups (broad SMARTS) is 1. The summed E-state index contributed by atoms with van der Waals surface area (Å²) < 4.78 is 2.95. The molecule has 5 heteroatoms. The van der Waals surface area contributed by atoms with Gasteiger partial charge in [-0.1, -0.05) is 18.2 Å². The molecular weight excluding hydrogens is 220 g/mol. The zero-order valence-corrected chi connectivity index (χ0v) is 9.33. The van der Waals surface area contributed by atoms with Crippen LogP contribution in [0.2, 0.25) is 0 Å². The van der Waals surface area contributed by atoms with Gasteiger partial charge in [-0.05, 0) is 19.1 Å². The molecule has 17 heavy (non-hydrogen) atoms. The van der Waals surface area contributed by atoms with E-state index in [0.717, 1.165) is 0 Å². The van der Waals surface area contributed by atoms with Gasteiger partial charge >= 0.3 is 5.97 Å². The van der Waals surface area contributed by atoms with E-state index in [-0.39, 0.29) is 5.56 Å². The van der Waals surface area contributed by atoms with Gasteiger partial charge in [0.1, 0.15) is 5.56 Å². The third kappa shape index (κ3) is 1.87. The molecular formula is C12H12N2O3. The Hall–Kier alpha value is -2.30. The van der Waals surface area contributed by atoms with Crippen LogP contribution in [-0.2, 0) is 6.54 Å². The fraction of sp³-hybridized carbons (Fsp3) is 0.167. The van der Waals surface area contributed by atoms with Crippen LogP contribution >= 0.6 is 0 Å². The molecule has 88 valence electrons. The van der Waals surface area contributed by atoms with Gasteiger partial charge in [-0.2, -0.15) is 0 Å². The van der Waals surface area contributed by atoms with Crippen molar-refractivity contribution in [2.75, 3.05) is 0 Å². The smallest absolute Gasteiger partial charge is 0.342 e. The van der Waals surface area contributed by atoms with Crippen LogP contribution in [0.25, 0.3) is 5.69 Å². The average molecular weight is 232 g/mol. The van der Waals surface area contributed by atoms with Gasteiger partial charge in [-0.3, -0.25) is 9.48 Å². The van der Waals surface area contributed by atoms with Gasteiger partial charge in [0.2, 0.25) is 0 Å². The van der Waals surface area contributed by atoms with Crippen molar-refractivity contribution in [3.8, 4) is 5.69 Å². The standard InChI is InChI=1S/C12H12N2O3/c1-2-13-8-10(12(16)17)11(15)14(13)9-6-4-3-5-7-9/h3-8H,2H2,1H3,(H,16,17). The molecule has 0 spiro atoms. The first-order chi connectivity index (χ1) is 8.15. The molecule has 1 aromatic carbocycles. The van der Waals surface area contributed by atoms with Gasteiger partial charge in [-0.15, -0.1) is 0 Å². The monoisotopic (exact) mass is 232 g/mol. The van der Waals surface area contributed by atoms with E-state index in [1.807, 2.05) is 13.0 Å². The normalized spacial score (nSPS) is 10.4. The zero-order valence-electron chi connectivity index (χ0n) is 9.33. The predicted molar refractivity (Wildman–Crippen MR) is 62.7 cm³/mol. The number of hydrogen-bond acceptors (Lipinski definition) is 2. The van der Waals surface area contributed by atoms with E-state index in [1.165, 1.54) is 10.9 Å². The summed E-state index contributed by atoms with van der Waals surface area (Å²) in [5.41, 5.74) is -0.0619. The fourth-order valence-electron chi connectivity index (χ4n) is 1.71. The highest BCUT2D eigenvalue weighted by atomic mass is 16.4. The van der Waals surface area contributed by atoms with Crippen LogP contribution in [0.3, 0.4) is 0 Å². The van der Waals surface area contributed by atoms with Crippen LogP contribution in [-0.4, -0.2) is 20.4 Å². The lowest BCUT2D eigenvalue weighted by Crippen LogP contribution is -2.23. The first-order valence-corrected chi connectivity index (χ1v) is 5.26. The molecule has 0 aliphatic rings. The largest absolute Gasteiger partial charge is 0.477 e. The third-order valence-corrected chi connectivity index (χ3v) is 2.51. The molecule has 0 aliphatic heterocycles. The first-order valence-electron chi connectivity index (χ1n) is 5.26. The van der Waals surface area contributed by atoms with Gasteiger partial charge in [0, 0.05) is 12.7 Å². The molecule has 0 unspecified atom stereocenters. The topological polar surface area (TPSA) is 64.2 Å². The van der Waals surface area contributed by atoms with Crippen LogP contribution in [0.4, 0.5) is 0 Å². The van der Waals surface area contributed by atoms with Crippen molar-refractivity contribution in [3.63, 3.8) is 0 Å². The van der Waals surface area contributed by atoms with Crippen molar-refractivity contribution < 1.29 is 9.90 Å². The highest BCUT2D eigenvalue weighted by Crippen LogP contribution is 2.06. The molecule has 1 aromatic heterocycles. The molecule has 0 atom stereocenters. The molecule has 0 aliphatic carbocycles. The number of aromatic carboxylic acids is 1. The summed E-state index contributed by atoms with van der Waals surface area (Å²) in [6.45, 7) is 2.38. The maximum absolute atomic E-state index is 12.0. The van der Waals surface area contributed by atoms with Gasteiger partial charge in [0.05, 0.1) is 5.69 Å². The van der Waals surface area contributed by atoms with Gasteiger partial charge < -0.3 is 5.11 Å². The van der Waals surface area contributed by atoms with E-state index in [1.54, 1.807) is 28.9 Å². The Morgan fingerprint density at radius 1 is 1.29 bits per heavy atom. The molecule has 0 amide bonds. The van der Waals surface area contributed by atoms with Crippen molar-refractivity contribution in [2.45, 2.75) is 13.5 Å². The lowest BCUT2D eigenvalue weighted by molar-refractivity contribution is 0.0695. The summed E-state index contributed by atoms with van der Waals surface area (Å²) in [7, 11) is 0. The van der Waals surface area contributed by atoms with Crippen molar-refractivity contribution in [1.82, 2.24) is 9.36 Å². The number of aryl methyl sites for hydroxylation is 1. The van der Waals surface area contributed by atoms with Crippen molar-refractivity contribution in [1.29, 1.82) is 0 Å². The van der Waals surface area contributed by atoms with E-state index < -0.39 is 11.5 Å². The summed E-state index contributed by atoms with van der Waals surface area (Å²) in [5.74, 6) is -1.20. The molecule has 0 bridgehead atoms. The molecule has 0 saturated heterocycles. The van der Waals surface area contributed by atoms with E-state index in [4.69, 9.17) is 5.11 Å². The summed E-state index contributed by atoms with van der Waals surface area (Å²) in [6.07, 6.45) is 1.36. The highest BCUT2D eigenvalue weighted by Gasteiger charge is 2.16. The molecule has 0 saturated carbocycles. The maximum atomic E-state index is 12.0. The summed E-state index contributed by atoms with van der Waals surface area (Å²) in [6, 6.07) is 8.97. The predicted octanol–water partition coefficient (Wildman–Crippen LogP) is 1.36. The molecule has 2 rings (SSSR count). The summed E-state index contributed by atoms with van der Waals surface area (Å²) in [5, 5.41) is 8.92. The quantitative estimate of drug-likeness (QED) is 0.868. The second kappa shape index (κ2) is 4.29. The molecule has 2 aromatic rings. The van der Waals surface area contributed by atoms with E-state index in [9.17, 15) is 9.59 Å². The molecule has 1 heterocycles. The van der Waals surface area contributed by atoms with E-state index >= 15 is 0 Å². The summed E-state index contributed by atoms with van der Waals surface area (Å²) >= 11 is 0. The van der Waals surface area contributed by atoms with Crippen molar-refractivity contribution in [3.05, 3.63) is 52.4 Å². The van der Waals surface area contributed by atoms with Crippen LogP contribution in [0.1, 0.15) is 17.3 Å². The van der Waals surface area contributed by atoms with Crippen molar-refractivity contribution in [2.24, 2.45) is 0 Å². The van der Waals surface area contributed by atoms with E-state index in [0.29, 0.717) is 12.2 Å². The minimum atomic E-state index is -1.20. The van der Waals surface area contributed by atoms with Crippen LogP contribution in [0, 0.1) is 0 Å². The van der Waals surface area contributed by atoms with Gasteiger partial charge in [-0.25, -0.2) is 9.48 Å². The Morgan fingerprint density at radius 2 is 1.94 bits per heavy atom. The fourth-order valence-corrected chi connectivity index (χ4v) is 1.71. The Kier molecular flexibility index (Phi) is 2.82. The second-order valence-electron chi connectivity index (χ2n) is 3.56. The molecule has 5 nitrogen and oxygen atoms in total. The van der Waals surface area contributed by atoms with Gasteiger partial charge in [0.15, 0.2) is 0 Å². The Balaban J connectivity index is 2.69.